The number of nitrogens with one attached hydrogen (secondary N) is 2. The summed E-state index contributed by atoms with van der Waals surface area (Å²) in [7, 11) is 1.60. The summed E-state index contributed by atoms with van der Waals surface area (Å²) in [5.74, 6) is 0.0509. The molecule has 0 aliphatic heterocycles. The van der Waals surface area contributed by atoms with Crippen molar-refractivity contribution in [3.05, 3.63) is 88.7 Å². The number of hydrogen-bond donors (Lipinski definition) is 2. The summed E-state index contributed by atoms with van der Waals surface area (Å²) in [4.78, 5) is 29.2. The summed E-state index contributed by atoms with van der Waals surface area (Å²) in [6.45, 7) is 4.23. The van der Waals surface area contributed by atoms with Gasteiger partial charge in [-0.25, -0.2) is 4.98 Å². The molecule has 0 fully saturated rings. The van der Waals surface area contributed by atoms with Gasteiger partial charge in [-0.2, -0.15) is 0 Å². The molecule has 0 radical (unpaired) electrons. The second kappa shape index (κ2) is 9.01. The molecular formula is C23H23N3O3. The van der Waals surface area contributed by atoms with E-state index >= 15 is 0 Å². The first-order valence-corrected chi connectivity index (χ1v) is 9.23. The maximum absolute atomic E-state index is 12.6. The van der Waals surface area contributed by atoms with E-state index in [9.17, 15) is 9.59 Å². The van der Waals surface area contributed by atoms with Crippen LogP contribution in [0.15, 0.2) is 60.7 Å². The maximum atomic E-state index is 12.6. The number of benzene rings is 2. The Hall–Kier alpha value is -3.67. The molecule has 3 rings (SSSR count). The van der Waals surface area contributed by atoms with Crippen LogP contribution in [0.1, 0.15) is 37.7 Å². The highest BCUT2D eigenvalue weighted by molar-refractivity contribution is 6.04. The Kier molecular flexibility index (Phi) is 6.24. The Morgan fingerprint density at radius 2 is 1.62 bits per heavy atom. The summed E-state index contributed by atoms with van der Waals surface area (Å²) < 4.78 is 5.12. The molecule has 29 heavy (non-hydrogen) atoms. The van der Waals surface area contributed by atoms with Gasteiger partial charge in [0.1, 0.15) is 17.1 Å². The number of ether oxygens (including phenoxy) is 1. The van der Waals surface area contributed by atoms with Crippen molar-refractivity contribution in [2.45, 2.75) is 20.4 Å². The van der Waals surface area contributed by atoms with Crippen molar-refractivity contribution in [2.24, 2.45) is 0 Å². The predicted octanol–water partition coefficient (Wildman–Crippen LogP) is 3.89. The van der Waals surface area contributed by atoms with E-state index in [4.69, 9.17) is 4.74 Å². The lowest BCUT2D eigenvalue weighted by molar-refractivity contribution is 0.0945. The Morgan fingerprint density at radius 1 is 0.931 bits per heavy atom. The van der Waals surface area contributed by atoms with Crippen LogP contribution in [0.2, 0.25) is 0 Å². The molecule has 0 saturated heterocycles. The van der Waals surface area contributed by atoms with Crippen LogP contribution in [-0.2, 0) is 6.54 Å². The van der Waals surface area contributed by atoms with Crippen LogP contribution < -0.4 is 15.4 Å². The standard InChI is InChI=1S/C23H23N3O3/c1-15-7-8-16(2)21(13-15)26-23(28)20-6-4-5-19(25-20)22(27)24-14-17-9-11-18(29-3)12-10-17/h4-13H,14H2,1-3H3,(H,24,27)(H,26,28). The Balaban J connectivity index is 1.66. The smallest absolute Gasteiger partial charge is 0.274 e. The van der Waals surface area contributed by atoms with Gasteiger partial charge in [-0.3, -0.25) is 9.59 Å². The minimum Gasteiger partial charge on any atom is -0.497 e. The van der Waals surface area contributed by atoms with E-state index in [1.807, 2.05) is 56.3 Å². The zero-order valence-electron chi connectivity index (χ0n) is 16.7. The van der Waals surface area contributed by atoms with Crippen molar-refractivity contribution < 1.29 is 14.3 Å². The third-order valence-corrected chi connectivity index (χ3v) is 4.47. The quantitative estimate of drug-likeness (QED) is 0.670. The minimum absolute atomic E-state index is 0.183. The maximum Gasteiger partial charge on any atom is 0.274 e. The molecule has 0 atom stereocenters. The molecule has 6 nitrogen and oxygen atoms in total. The fourth-order valence-electron chi connectivity index (χ4n) is 2.76. The molecule has 2 aromatic carbocycles. The summed E-state index contributed by atoms with van der Waals surface area (Å²) in [5, 5.41) is 5.67. The van der Waals surface area contributed by atoms with Crippen molar-refractivity contribution in [1.82, 2.24) is 10.3 Å². The monoisotopic (exact) mass is 389 g/mol. The van der Waals surface area contributed by atoms with Gasteiger partial charge in [-0.15, -0.1) is 0 Å². The molecule has 0 saturated carbocycles. The number of hydrogen-bond acceptors (Lipinski definition) is 4. The van der Waals surface area contributed by atoms with E-state index < -0.39 is 0 Å². The number of anilines is 1. The fourth-order valence-corrected chi connectivity index (χ4v) is 2.76. The average Bonchev–Trinajstić information content (AvgIpc) is 2.75. The first-order chi connectivity index (χ1) is 14.0. The van der Waals surface area contributed by atoms with Gasteiger partial charge >= 0.3 is 0 Å². The van der Waals surface area contributed by atoms with Gasteiger partial charge < -0.3 is 15.4 Å². The molecule has 1 aromatic heterocycles. The predicted molar refractivity (Wildman–Crippen MR) is 112 cm³/mol. The van der Waals surface area contributed by atoms with Gasteiger partial charge in [-0.05, 0) is 60.9 Å². The molecule has 148 valence electrons. The number of rotatable bonds is 6. The molecule has 0 unspecified atom stereocenters. The van der Waals surface area contributed by atoms with Crippen molar-refractivity contribution in [3.63, 3.8) is 0 Å². The number of aryl methyl sites for hydroxylation is 2. The number of nitrogens with zero attached hydrogens (tertiary/aromatic N) is 1. The Bertz CT molecular complexity index is 1030. The molecule has 2 amide bonds. The summed E-state index contributed by atoms with van der Waals surface area (Å²) in [6.07, 6.45) is 0. The number of amides is 2. The topological polar surface area (TPSA) is 80.3 Å². The van der Waals surface area contributed by atoms with E-state index in [1.165, 1.54) is 0 Å². The lowest BCUT2D eigenvalue weighted by Crippen LogP contribution is -2.25. The lowest BCUT2D eigenvalue weighted by atomic mass is 10.1. The summed E-state index contributed by atoms with van der Waals surface area (Å²) in [6, 6.07) is 18.1. The van der Waals surface area contributed by atoms with Crippen LogP contribution in [0.25, 0.3) is 0 Å². The van der Waals surface area contributed by atoms with Crippen molar-refractivity contribution in [3.8, 4) is 5.75 Å². The Morgan fingerprint density at radius 3 is 2.31 bits per heavy atom. The van der Waals surface area contributed by atoms with Gasteiger partial charge in [0.15, 0.2) is 0 Å². The largest absolute Gasteiger partial charge is 0.497 e. The molecule has 1 heterocycles. The summed E-state index contributed by atoms with van der Waals surface area (Å²) >= 11 is 0. The first-order valence-electron chi connectivity index (χ1n) is 9.23. The molecule has 3 aromatic rings. The van der Waals surface area contributed by atoms with E-state index in [-0.39, 0.29) is 23.2 Å². The zero-order valence-corrected chi connectivity index (χ0v) is 16.7. The molecule has 2 N–H and O–H groups in total. The average molecular weight is 389 g/mol. The number of carbonyl (C=O) groups is 2. The molecule has 0 aliphatic carbocycles. The number of methoxy groups -OCH3 is 1. The zero-order chi connectivity index (χ0) is 20.8. The highest BCUT2D eigenvalue weighted by Gasteiger charge is 2.13. The first kappa shape index (κ1) is 20.1. The second-order valence-electron chi connectivity index (χ2n) is 6.71. The highest BCUT2D eigenvalue weighted by atomic mass is 16.5. The van der Waals surface area contributed by atoms with Crippen molar-refractivity contribution >= 4 is 17.5 Å². The van der Waals surface area contributed by atoms with Crippen molar-refractivity contribution in [2.75, 3.05) is 12.4 Å². The normalized spacial score (nSPS) is 10.3. The molecule has 0 aliphatic rings. The Labute approximate surface area is 169 Å². The van der Waals surface area contributed by atoms with Crippen LogP contribution >= 0.6 is 0 Å². The third-order valence-electron chi connectivity index (χ3n) is 4.47. The molecule has 0 spiro atoms. The van der Waals surface area contributed by atoms with Crippen LogP contribution in [0.5, 0.6) is 5.75 Å². The highest BCUT2D eigenvalue weighted by Crippen LogP contribution is 2.17. The van der Waals surface area contributed by atoms with Crippen LogP contribution in [0.4, 0.5) is 5.69 Å². The van der Waals surface area contributed by atoms with Crippen LogP contribution in [0, 0.1) is 13.8 Å². The van der Waals surface area contributed by atoms with Crippen molar-refractivity contribution in [1.29, 1.82) is 0 Å². The van der Waals surface area contributed by atoms with E-state index in [0.717, 1.165) is 28.1 Å². The van der Waals surface area contributed by atoms with Gasteiger partial charge in [0, 0.05) is 12.2 Å². The SMILES string of the molecule is COc1ccc(CNC(=O)c2cccc(C(=O)Nc3cc(C)ccc3C)n2)cc1. The van der Waals surface area contributed by atoms with E-state index in [0.29, 0.717) is 6.54 Å². The van der Waals surface area contributed by atoms with Gasteiger partial charge in [0.25, 0.3) is 11.8 Å². The van der Waals surface area contributed by atoms with Crippen LogP contribution in [0.3, 0.4) is 0 Å². The molecule has 6 heteroatoms. The fraction of sp³-hybridized carbons (Fsp3) is 0.174. The second-order valence-corrected chi connectivity index (χ2v) is 6.71. The number of carbonyl (C=O) groups excluding carboxylic acids is 2. The molecule has 0 bridgehead atoms. The number of pyridine rings is 1. The van der Waals surface area contributed by atoms with E-state index in [2.05, 4.69) is 15.6 Å². The van der Waals surface area contributed by atoms with Gasteiger partial charge in [-0.1, -0.05) is 30.3 Å². The van der Waals surface area contributed by atoms with Gasteiger partial charge in [0.05, 0.1) is 7.11 Å². The number of aromatic nitrogens is 1. The van der Waals surface area contributed by atoms with Crippen LogP contribution in [-0.4, -0.2) is 23.9 Å². The molecular weight excluding hydrogens is 366 g/mol. The lowest BCUT2D eigenvalue weighted by Gasteiger charge is -2.10. The van der Waals surface area contributed by atoms with Gasteiger partial charge in [0.2, 0.25) is 0 Å². The van der Waals surface area contributed by atoms with E-state index in [1.54, 1.807) is 25.3 Å². The third kappa shape index (κ3) is 5.19. The minimum atomic E-state index is -0.358. The summed E-state index contributed by atoms with van der Waals surface area (Å²) in [5.41, 5.74) is 4.03.